The van der Waals surface area contributed by atoms with Gasteiger partial charge < -0.3 is 31.2 Å². The number of fused-ring (bicyclic) bond motifs is 1. The van der Waals surface area contributed by atoms with Gasteiger partial charge >= 0.3 is 0 Å². The van der Waals surface area contributed by atoms with E-state index in [2.05, 4.69) is 30.5 Å². The van der Waals surface area contributed by atoms with Crippen molar-refractivity contribution < 1.29 is 27.9 Å². The van der Waals surface area contributed by atoms with E-state index in [1.54, 1.807) is 72.9 Å². The third-order valence-electron chi connectivity index (χ3n) is 9.83. The van der Waals surface area contributed by atoms with Gasteiger partial charge in [-0.2, -0.15) is 0 Å². The van der Waals surface area contributed by atoms with Crippen molar-refractivity contribution >= 4 is 55.8 Å². The van der Waals surface area contributed by atoms with Gasteiger partial charge in [0.05, 0.1) is 27.7 Å². The van der Waals surface area contributed by atoms with E-state index in [0.29, 0.717) is 71.3 Å². The number of rotatable bonds is 21. The summed E-state index contributed by atoms with van der Waals surface area (Å²) in [6, 6.07) is 27.6. The van der Waals surface area contributed by atoms with E-state index >= 15 is 0 Å². The third kappa shape index (κ3) is 12.0. The normalized spacial score (nSPS) is 11.3. The number of nitrogens with zero attached hydrogens (tertiary/aromatic N) is 2. The number of hydrogen-bond donors (Lipinski definition) is 6. The zero-order valence-corrected chi connectivity index (χ0v) is 34.1. The van der Waals surface area contributed by atoms with Gasteiger partial charge in [-0.25, -0.2) is 8.42 Å². The van der Waals surface area contributed by atoms with Gasteiger partial charge in [0.2, 0.25) is 5.91 Å². The monoisotopic (exact) mass is 837 g/mol. The Bertz CT molecular complexity index is 2460. The predicted molar refractivity (Wildman–Crippen MR) is 231 cm³/mol. The first kappa shape index (κ1) is 42.5. The number of unbranched alkanes of at least 4 members (excludes halogenated alkanes) is 6. The zero-order valence-electron chi connectivity index (χ0n) is 32.5. The Morgan fingerprint density at radius 2 is 1.53 bits per heavy atom. The van der Waals surface area contributed by atoms with Crippen molar-refractivity contribution in [3.63, 3.8) is 0 Å². The summed E-state index contributed by atoms with van der Waals surface area (Å²) in [5, 5.41) is 25.3. The number of carbonyl (C=O) groups excluding carboxylic acids is 2. The Morgan fingerprint density at radius 1 is 0.814 bits per heavy atom. The number of nitrogens with two attached hydrogens (primary N) is 1. The number of amides is 2. The van der Waals surface area contributed by atoms with E-state index in [1.807, 2.05) is 18.2 Å². The van der Waals surface area contributed by atoms with Crippen molar-refractivity contribution in [2.75, 3.05) is 23.6 Å². The number of H-pyrrole nitrogens is 1. The number of benzene rings is 4. The molecule has 0 spiro atoms. The number of aromatic amines is 1. The number of aromatic hydroxyl groups is 1. The van der Waals surface area contributed by atoms with E-state index in [0.717, 1.165) is 61.5 Å². The maximum absolute atomic E-state index is 13.0. The number of ether oxygens (including phenoxy) is 1. The van der Waals surface area contributed by atoms with E-state index in [4.69, 9.17) is 22.1 Å². The fraction of sp³-hybridized carbons (Fsp3) is 0.273. The highest BCUT2D eigenvalue weighted by Gasteiger charge is 2.17. The van der Waals surface area contributed by atoms with E-state index in [1.165, 1.54) is 12.1 Å². The van der Waals surface area contributed by atoms with Crippen LogP contribution in [0.15, 0.2) is 108 Å². The van der Waals surface area contributed by atoms with Crippen LogP contribution in [0.3, 0.4) is 0 Å². The molecule has 13 nitrogen and oxygen atoms in total. The second-order valence-electron chi connectivity index (χ2n) is 14.2. The lowest BCUT2D eigenvalue weighted by Crippen LogP contribution is -2.24. The second kappa shape index (κ2) is 20.5. The molecule has 0 radical (unpaired) electrons. The van der Waals surface area contributed by atoms with Gasteiger partial charge in [0.15, 0.2) is 11.6 Å². The third-order valence-corrected chi connectivity index (χ3v) is 11.5. The average molecular weight is 838 g/mol. The molecule has 0 aliphatic carbocycles. The van der Waals surface area contributed by atoms with Gasteiger partial charge in [-0.05, 0) is 66.4 Å². The van der Waals surface area contributed by atoms with Gasteiger partial charge in [0.25, 0.3) is 15.9 Å². The van der Waals surface area contributed by atoms with Crippen molar-refractivity contribution in [1.82, 2.24) is 25.8 Å². The summed E-state index contributed by atoms with van der Waals surface area (Å²) in [6.45, 7) is 1.27. The molecule has 59 heavy (non-hydrogen) atoms. The van der Waals surface area contributed by atoms with Crippen LogP contribution in [0.1, 0.15) is 72.9 Å². The summed E-state index contributed by atoms with van der Waals surface area (Å²) in [7, 11) is -3.83. The second-order valence-corrected chi connectivity index (χ2v) is 16.3. The molecule has 2 amide bonds. The molecule has 4 aromatic carbocycles. The molecule has 15 heteroatoms. The molecule has 2 aromatic heterocycles. The van der Waals surface area contributed by atoms with Gasteiger partial charge in [-0.3, -0.25) is 14.3 Å². The maximum atomic E-state index is 13.0. The Kier molecular flexibility index (Phi) is 14.8. The lowest BCUT2D eigenvalue weighted by atomic mass is 10.1. The number of carbonyl (C=O) groups is 2. The van der Waals surface area contributed by atoms with Crippen molar-refractivity contribution in [3.8, 4) is 22.8 Å². The minimum absolute atomic E-state index is 0.0363. The first-order valence-corrected chi connectivity index (χ1v) is 21.5. The van der Waals surface area contributed by atoms with E-state index in [-0.39, 0.29) is 28.3 Å². The van der Waals surface area contributed by atoms with Crippen LogP contribution < -0.4 is 25.8 Å². The standard InChI is InChI=1S/C44H48ClN7O6S/c45-36-29-49-42-34(36)12-10-13-37(42)52-59(56,57)33-22-18-31(19-23-33)28-48-41(54)15-6-4-2-1-3-5-9-25-47-44(55)32-20-16-30(17-21-32)24-26-58-40-27-38(50-51-43(40)46)35-11-7-8-14-39(35)53/h7-8,10-14,16-23,27,29,49,52-53H,1-6,9,15,24-26,28H2,(H2,46,51)(H,47,55)(H,48,54). The molecular formula is C44H48ClN7O6S. The summed E-state index contributed by atoms with van der Waals surface area (Å²) >= 11 is 6.17. The highest BCUT2D eigenvalue weighted by atomic mass is 35.5. The minimum Gasteiger partial charge on any atom is -0.507 e. The van der Waals surface area contributed by atoms with E-state index in [9.17, 15) is 23.1 Å². The van der Waals surface area contributed by atoms with Gasteiger partial charge in [-0.15, -0.1) is 10.2 Å². The fourth-order valence-corrected chi connectivity index (χ4v) is 7.79. The topological polar surface area (TPSA) is 201 Å². The average Bonchev–Trinajstić information content (AvgIpc) is 3.63. The van der Waals surface area contributed by atoms with Crippen molar-refractivity contribution in [2.45, 2.75) is 69.2 Å². The number of sulfonamides is 1. The van der Waals surface area contributed by atoms with Gasteiger partial charge in [0, 0.05) is 54.7 Å². The van der Waals surface area contributed by atoms with Crippen LogP contribution in [-0.2, 0) is 27.8 Å². The predicted octanol–water partition coefficient (Wildman–Crippen LogP) is 8.16. The first-order valence-electron chi connectivity index (χ1n) is 19.6. The maximum Gasteiger partial charge on any atom is 0.261 e. The number of para-hydroxylation sites is 2. The molecule has 0 aliphatic heterocycles. The van der Waals surface area contributed by atoms with Crippen molar-refractivity contribution in [3.05, 3.63) is 125 Å². The molecule has 0 aliphatic rings. The van der Waals surface area contributed by atoms with Crippen LogP contribution in [0.2, 0.25) is 5.02 Å². The smallest absolute Gasteiger partial charge is 0.261 e. The molecule has 308 valence electrons. The van der Waals surface area contributed by atoms with Crippen LogP contribution in [0.25, 0.3) is 22.2 Å². The first-order chi connectivity index (χ1) is 28.6. The molecular weight excluding hydrogens is 790 g/mol. The largest absolute Gasteiger partial charge is 0.507 e. The van der Waals surface area contributed by atoms with Crippen LogP contribution in [0.4, 0.5) is 11.5 Å². The molecule has 0 saturated heterocycles. The fourth-order valence-electron chi connectivity index (χ4n) is 6.51. The molecule has 7 N–H and O–H groups in total. The van der Waals surface area contributed by atoms with Crippen LogP contribution in [0.5, 0.6) is 11.5 Å². The molecule has 6 rings (SSSR count). The molecule has 2 heterocycles. The molecule has 0 saturated carbocycles. The Hall–Kier alpha value is -6.12. The highest BCUT2D eigenvalue weighted by molar-refractivity contribution is 7.92. The number of nitrogens with one attached hydrogen (secondary N) is 4. The number of nitrogen functional groups attached to an aromatic ring is 1. The molecule has 0 unspecified atom stereocenters. The number of aromatic nitrogens is 3. The quantitative estimate of drug-likeness (QED) is 0.0387. The molecule has 6 aromatic rings. The SMILES string of the molecule is Nc1nnc(-c2ccccc2O)cc1OCCc1ccc(C(=O)NCCCCCCCCCC(=O)NCc2ccc(S(=O)(=O)Nc3cccc4c(Cl)c[nH]c34)cc2)cc1. The van der Waals surface area contributed by atoms with E-state index < -0.39 is 10.0 Å². The number of hydrogen-bond acceptors (Lipinski definition) is 9. The number of phenols is 1. The number of halogens is 1. The lowest BCUT2D eigenvalue weighted by Gasteiger charge is -2.10. The summed E-state index contributed by atoms with van der Waals surface area (Å²) < 4.78 is 34.5. The number of phenolic OH excluding ortho intramolecular Hbond substituents is 1. The number of anilines is 2. The summed E-state index contributed by atoms with van der Waals surface area (Å²) in [6.07, 6.45) is 9.49. The Morgan fingerprint density at radius 3 is 2.29 bits per heavy atom. The van der Waals surface area contributed by atoms with Crippen molar-refractivity contribution in [1.29, 1.82) is 0 Å². The van der Waals surface area contributed by atoms with Crippen molar-refractivity contribution in [2.24, 2.45) is 0 Å². The lowest BCUT2D eigenvalue weighted by molar-refractivity contribution is -0.121. The summed E-state index contributed by atoms with van der Waals surface area (Å²) in [5.41, 5.74) is 10.4. The molecule has 0 atom stereocenters. The molecule has 0 fully saturated rings. The highest BCUT2D eigenvalue weighted by Crippen LogP contribution is 2.31. The minimum atomic E-state index is -3.83. The van der Waals surface area contributed by atoms with Gasteiger partial charge in [-0.1, -0.05) is 92.2 Å². The van der Waals surface area contributed by atoms with Crippen LogP contribution >= 0.6 is 11.6 Å². The molecule has 0 bridgehead atoms. The van der Waals surface area contributed by atoms with Crippen LogP contribution in [0, 0.1) is 0 Å². The van der Waals surface area contributed by atoms with Crippen LogP contribution in [-0.4, -0.2) is 53.7 Å². The summed E-state index contributed by atoms with van der Waals surface area (Å²) in [4.78, 5) is 28.2. The van der Waals surface area contributed by atoms with Gasteiger partial charge in [0.1, 0.15) is 11.4 Å². The Balaban J connectivity index is 0.786. The zero-order chi connectivity index (χ0) is 41.6. The summed E-state index contributed by atoms with van der Waals surface area (Å²) in [5.74, 6) is 0.493. The Labute approximate surface area is 348 Å².